The maximum Gasteiger partial charge on any atom is 0.307 e. The van der Waals surface area contributed by atoms with Gasteiger partial charge >= 0.3 is 5.97 Å². The number of unbranched alkanes of at least 4 members (excludes halogenated alkanes) is 1. The van der Waals surface area contributed by atoms with Crippen molar-refractivity contribution in [2.45, 2.75) is 51.9 Å². The summed E-state index contributed by atoms with van der Waals surface area (Å²) in [4.78, 5) is 20.5. The molecule has 0 radical (unpaired) electrons. The first-order valence-electron chi connectivity index (χ1n) is 10.6. The number of aliphatic carboxylic acids is 1. The zero-order valence-corrected chi connectivity index (χ0v) is 18.3. The molecule has 158 valence electrons. The third-order valence-corrected chi connectivity index (χ3v) is 5.99. The second-order valence-corrected chi connectivity index (χ2v) is 8.25. The number of aryl methyl sites for hydroxylation is 1. The number of hydrogen-bond donors (Lipinski definition) is 2. The van der Waals surface area contributed by atoms with Gasteiger partial charge in [0.25, 0.3) is 0 Å². The minimum absolute atomic E-state index is 0.205. The van der Waals surface area contributed by atoms with Crippen LogP contribution in [0, 0.1) is 5.92 Å². The van der Waals surface area contributed by atoms with E-state index < -0.39 is 11.9 Å². The molecule has 0 spiro atoms. The van der Waals surface area contributed by atoms with Gasteiger partial charge in [-0.1, -0.05) is 80.4 Å². The fraction of sp³-hybridized carbons (Fsp3) is 0.360. The number of nitrogens with zero attached hydrogens (tertiary/aromatic N) is 1. The molecule has 0 fully saturated rings. The maximum absolute atomic E-state index is 12.2. The van der Waals surface area contributed by atoms with Crippen molar-refractivity contribution in [2.75, 3.05) is 0 Å². The SMILES string of the molecule is CCCCc1nc(Cc2ccccc2Cl)c(C(C)C(Cc2ccccc2)C(=O)O)[nH]1. The predicted molar refractivity (Wildman–Crippen MR) is 121 cm³/mol. The van der Waals surface area contributed by atoms with Gasteiger partial charge in [0.2, 0.25) is 0 Å². The summed E-state index contributed by atoms with van der Waals surface area (Å²) in [6, 6.07) is 17.5. The zero-order chi connectivity index (χ0) is 21.5. The molecule has 1 aromatic heterocycles. The highest BCUT2D eigenvalue weighted by Crippen LogP contribution is 2.31. The van der Waals surface area contributed by atoms with Crippen LogP contribution in [0.25, 0.3) is 0 Å². The van der Waals surface area contributed by atoms with Crippen LogP contribution in [0.15, 0.2) is 54.6 Å². The van der Waals surface area contributed by atoms with Crippen LogP contribution < -0.4 is 0 Å². The van der Waals surface area contributed by atoms with Crippen molar-refractivity contribution in [1.29, 1.82) is 0 Å². The molecular formula is C25H29ClN2O2. The number of benzene rings is 2. The molecule has 5 heteroatoms. The molecule has 0 amide bonds. The topological polar surface area (TPSA) is 66.0 Å². The molecular weight excluding hydrogens is 396 g/mol. The number of nitrogens with one attached hydrogen (secondary N) is 1. The van der Waals surface area contributed by atoms with E-state index >= 15 is 0 Å². The number of hydrogen-bond acceptors (Lipinski definition) is 2. The summed E-state index contributed by atoms with van der Waals surface area (Å²) in [7, 11) is 0. The van der Waals surface area contributed by atoms with E-state index in [0.29, 0.717) is 17.9 Å². The Morgan fingerprint density at radius 2 is 1.83 bits per heavy atom. The maximum atomic E-state index is 12.2. The molecule has 30 heavy (non-hydrogen) atoms. The van der Waals surface area contributed by atoms with Crippen LogP contribution in [-0.2, 0) is 24.1 Å². The Kier molecular flexibility index (Phi) is 7.69. The van der Waals surface area contributed by atoms with Gasteiger partial charge < -0.3 is 10.1 Å². The van der Waals surface area contributed by atoms with Crippen LogP contribution in [0.3, 0.4) is 0 Å². The molecule has 0 aliphatic carbocycles. The van der Waals surface area contributed by atoms with E-state index in [2.05, 4.69) is 11.9 Å². The van der Waals surface area contributed by atoms with Crippen molar-refractivity contribution in [3.8, 4) is 0 Å². The molecule has 0 saturated carbocycles. The number of rotatable bonds is 10. The smallest absolute Gasteiger partial charge is 0.307 e. The number of imidazole rings is 1. The summed E-state index contributed by atoms with van der Waals surface area (Å²) >= 11 is 6.38. The Hall–Kier alpha value is -2.59. The molecule has 4 nitrogen and oxygen atoms in total. The monoisotopic (exact) mass is 424 g/mol. The number of halogens is 1. The number of aromatic amines is 1. The summed E-state index contributed by atoms with van der Waals surface area (Å²) in [5.74, 6) is -0.621. The lowest BCUT2D eigenvalue weighted by atomic mass is 9.84. The molecule has 0 saturated heterocycles. The van der Waals surface area contributed by atoms with E-state index in [9.17, 15) is 9.90 Å². The van der Waals surface area contributed by atoms with Crippen LogP contribution in [0.1, 0.15) is 60.9 Å². The molecule has 0 aliphatic heterocycles. The molecule has 3 aromatic rings. The second-order valence-electron chi connectivity index (χ2n) is 7.84. The highest BCUT2D eigenvalue weighted by molar-refractivity contribution is 6.31. The molecule has 3 rings (SSSR count). The molecule has 2 atom stereocenters. The highest BCUT2D eigenvalue weighted by atomic mass is 35.5. The fourth-order valence-corrected chi connectivity index (χ4v) is 4.02. The minimum Gasteiger partial charge on any atom is -0.481 e. The van der Waals surface area contributed by atoms with Crippen molar-refractivity contribution in [2.24, 2.45) is 5.92 Å². The summed E-state index contributed by atoms with van der Waals surface area (Å²) in [6.45, 7) is 4.13. The lowest BCUT2D eigenvalue weighted by molar-refractivity contribution is -0.142. The third-order valence-electron chi connectivity index (χ3n) is 5.62. The van der Waals surface area contributed by atoms with E-state index in [-0.39, 0.29) is 5.92 Å². The zero-order valence-electron chi connectivity index (χ0n) is 17.6. The Morgan fingerprint density at radius 1 is 1.13 bits per heavy atom. The van der Waals surface area contributed by atoms with Gasteiger partial charge in [-0.05, 0) is 30.0 Å². The number of carboxylic acid groups (broad SMARTS) is 1. The summed E-state index contributed by atoms with van der Waals surface area (Å²) in [6.07, 6.45) is 4.04. The van der Waals surface area contributed by atoms with Gasteiger partial charge in [0, 0.05) is 29.5 Å². The van der Waals surface area contributed by atoms with Crippen LogP contribution in [-0.4, -0.2) is 21.0 Å². The molecule has 2 unspecified atom stereocenters. The van der Waals surface area contributed by atoms with Gasteiger partial charge in [0.05, 0.1) is 11.6 Å². The van der Waals surface area contributed by atoms with Crippen LogP contribution in [0.2, 0.25) is 5.02 Å². The van der Waals surface area contributed by atoms with Gasteiger partial charge in [-0.2, -0.15) is 0 Å². The van der Waals surface area contributed by atoms with Gasteiger partial charge in [-0.3, -0.25) is 4.79 Å². The van der Waals surface area contributed by atoms with Crippen LogP contribution in [0.4, 0.5) is 0 Å². The number of carbonyl (C=O) groups is 1. The lowest BCUT2D eigenvalue weighted by Gasteiger charge is -2.20. The average molecular weight is 425 g/mol. The third kappa shape index (κ3) is 5.51. The van der Waals surface area contributed by atoms with Crippen molar-refractivity contribution in [1.82, 2.24) is 9.97 Å². The lowest BCUT2D eigenvalue weighted by Crippen LogP contribution is -2.23. The molecule has 0 aliphatic rings. The van der Waals surface area contributed by atoms with Crippen molar-refractivity contribution in [3.05, 3.63) is 88.0 Å². The van der Waals surface area contributed by atoms with Gasteiger partial charge in [0.1, 0.15) is 5.82 Å². The summed E-state index contributed by atoms with van der Waals surface area (Å²) < 4.78 is 0. The molecule has 0 bridgehead atoms. The number of H-pyrrole nitrogens is 1. The van der Waals surface area contributed by atoms with E-state index in [1.807, 2.05) is 61.5 Å². The Bertz CT molecular complexity index is 968. The van der Waals surface area contributed by atoms with Gasteiger partial charge in [-0.25, -0.2) is 4.98 Å². The van der Waals surface area contributed by atoms with Crippen LogP contribution in [0.5, 0.6) is 0 Å². The first kappa shape index (κ1) is 22.1. The first-order valence-corrected chi connectivity index (χ1v) is 10.9. The van der Waals surface area contributed by atoms with Crippen molar-refractivity contribution >= 4 is 17.6 Å². The minimum atomic E-state index is -0.792. The Labute approximate surface area is 183 Å². The van der Waals surface area contributed by atoms with E-state index in [4.69, 9.17) is 16.6 Å². The van der Waals surface area contributed by atoms with Gasteiger partial charge in [-0.15, -0.1) is 0 Å². The Balaban J connectivity index is 1.93. The normalized spacial score (nSPS) is 13.2. The predicted octanol–water partition coefficient (Wildman–Crippen LogP) is 6.04. The number of aromatic nitrogens is 2. The van der Waals surface area contributed by atoms with Crippen LogP contribution >= 0.6 is 11.6 Å². The largest absolute Gasteiger partial charge is 0.481 e. The van der Waals surface area contributed by atoms with Crippen molar-refractivity contribution < 1.29 is 9.90 Å². The first-order chi connectivity index (χ1) is 14.5. The fourth-order valence-electron chi connectivity index (χ4n) is 3.82. The molecule has 2 aromatic carbocycles. The van der Waals surface area contributed by atoms with Gasteiger partial charge in [0.15, 0.2) is 0 Å². The summed E-state index contributed by atoms with van der Waals surface area (Å²) in [5.41, 5.74) is 3.82. The molecule has 1 heterocycles. The van der Waals surface area contributed by atoms with Crippen molar-refractivity contribution in [3.63, 3.8) is 0 Å². The summed E-state index contributed by atoms with van der Waals surface area (Å²) in [5, 5.41) is 10.7. The van der Waals surface area contributed by atoms with E-state index in [0.717, 1.165) is 47.6 Å². The standard InChI is InChI=1S/C25H29ClN2O2/c1-3-4-14-23-27-22(16-19-12-8-9-13-21(19)26)24(28-23)17(2)20(25(29)30)15-18-10-6-5-7-11-18/h5-13,17,20H,3-4,14-16H2,1-2H3,(H,27,28)(H,29,30). The van der Waals surface area contributed by atoms with E-state index in [1.54, 1.807) is 0 Å². The average Bonchev–Trinajstić information content (AvgIpc) is 3.15. The second kappa shape index (κ2) is 10.4. The highest BCUT2D eigenvalue weighted by Gasteiger charge is 2.30. The molecule has 2 N–H and O–H groups in total. The quantitative estimate of drug-likeness (QED) is 0.416. The van der Waals surface area contributed by atoms with E-state index in [1.165, 1.54) is 0 Å². The Morgan fingerprint density at radius 3 is 2.50 bits per heavy atom. The number of carboxylic acids is 1.